The molecule has 37 heavy (non-hydrogen) atoms. The largest absolute Gasteiger partial charge is 0.433 e. The van der Waals surface area contributed by atoms with Crippen molar-refractivity contribution in [3.8, 4) is 0 Å². The summed E-state index contributed by atoms with van der Waals surface area (Å²) in [5.41, 5.74) is -0.202. The number of hydrogen-bond donors (Lipinski definition) is 2. The molecule has 0 aliphatic carbocycles. The van der Waals surface area contributed by atoms with Gasteiger partial charge in [0.25, 0.3) is 5.91 Å². The second kappa shape index (κ2) is 11.0. The quantitative estimate of drug-likeness (QED) is 0.459. The summed E-state index contributed by atoms with van der Waals surface area (Å²) >= 11 is 5.96. The SMILES string of the molecule is CCC(c1ccnc(C(F)(F)F)c1)n1cc(C(=O)N2CCCOC(O)Nc3ccc(Cl)c(F)c3C2)cn1. The monoisotopic (exact) mass is 541 g/mol. The van der Waals surface area contributed by atoms with E-state index in [-0.39, 0.29) is 41.5 Å². The molecule has 0 radical (unpaired) electrons. The van der Waals surface area contributed by atoms with Crippen LogP contribution in [0, 0.1) is 5.82 Å². The number of alkyl halides is 3. The van der Waals surface area contributed by atoms with Gasteiger partial charge in [-0.3, -0.25) is 14.5 Å². The van der Waals surface area contributed by atoms with Gasteiger partial charge in [0.2, 0.25) is 6.41 Å². The molecule has 0 saturated heterocycles. The summed E-state index contributed by atoms with van der Waals surface area (Å²) in [5.74, 6) is -1.20. The number of anilines is 1. The molecule has 1 aliphatic heterocycles. The lowest BCUT2D eigenvalue weighted by molar-refractivity contribution is -0.141. The number of carbonyl (C=O) groups is 1. The summed E-state index contributed by atoms with van der Waals surface area (Å²) in [7, 11) is 0. The van der Waals surface area contributed by atoms with E-state index in [4.69, 9.17) is 16.3 Å². The van der Waals surface area contributed by atoms with Crippen LogP contribution in [0.25, 0.3) is 0 Å². The second-order valence-corrected chi connectivity index (χ2v) is 8.85. The minimum Gasteiger partial charge on any atom is -0.351 e. The fourth-order valence-corrected chi connectivity index (χ4v) is 4.31. The Morgan fingerprint density at radius 3 is 2.86 bits per heavy atom. The zero-order valence-electron chi connectivity index (χ0n) is 19.7. The third-order valence-corrected chi connectivity index (χ3v) is 6.26. The number of pyridine rings is 1. The van der Waals surface area contributed by atoms with Crippen molar-refractivity contribution < 1.29 is 32.2 Å². The van der Waals surface area contributed by atoms with Gasteiger partial charge in [0, 0.05) is 30.2 Å². The Labute approximate surface area is 214 Å². The maximum absolute atomic E-state index is 14.9. The fourth-order valence-electron chi connectivity index (χ4n) is 4.14. The van der Waals surface area contributed by atoms with Crippen molar-refractivity contribution in [2.75, 3.05) is 18.5 Å². The Morgan fingerprint density at radius 1 is 1.35 bits per heavy atom. The molecule has 3 heterocycles. The molecule has 3 aromatic rings. The summed E-state index contributed by atoms with van der Waals surface area (Å²) in [4.78, 5) is 18.2. The van der Waals surface area contributed by atoms with E-state index >= 15 is 0 Å². The van der Waals surface area contributed by atoms with Crippen molar-refractivity contribution in [1.29, 1.82) is 0 Å². The van der Waals surface area contributed by atoms with Gasteiger partial charge in [0.1, 0.15) is 11.5 Å². The summed E-state index contributed by atoms with van der Waals surface area (Å²) in [6.07, 6.45) is -1.33. The number of rotatable bonds is 4. The number of nitrogens with zero attached hydrogens (tertiary/aromatic N) is 4. The predicted molar refractivity (Wildman–Crippen MR) is 126 cm³/mol. The van der Waals surface area contributed by atoms with Gasteiger partial charge in [-0.05, 0) is 42.7 Å². The van der Waals surface area contributed by atoms with Crippen molar-refractivity contribution in [3.63, 3.8) is 0 Å². The van der Waals surface area contributed by atoms with Crippen molar-refractivity contribution >= 4 is 23.2 Å². The smallest absolute Gasteiger partial charge is 0.351 e. The van der Waals surface area contributed by atoms with Crippen molar-refractivity contribution in [1.82, 2.24) is 19.7 Å². The average Bonchev–Trinajstić information content (AvgIpc) is 3.34. The number of amides is 1. The normalized spacial score (nSPS) is 17.6. The van der Waals surface area contributed by atoms with Gasteiger partial charge in [-0.2, -0.15) is 18.3 Å². The molecule has 13 heteroatoms. The van der Waals surface area contributed by atoms with Crippen LogP contribution in [0.1, 0.15) is 53.0 Å². The van der Waals surface area contributed by atoms with Crippen LogP contribution in [-0.4, -0.2) is 50.2 Å². The van der Waals surface area contributed by atoms with E-state index in [9.17, 15) is 27.5 Å². The van der Waals surface area contributed by atoms with E-state index in [2.05, 4.69) is 15.4 Å². The molecule has 4 rings (SSSR count). The maximum atomic E-state index is 14.9. The van der Waals surface area contributed by atoms with Gasteiger partial charge < -0.3 is 20.1 Å². The summed E-state index contributed by atoms with van der Waals surface area (Å²) in [5, 5.41) is 16.7. The lowest BCUT2D eigenvalue weighted by atomic mass is 10.0. The van der Waals surface area contributed by atoms with Gasteiger partial charge in [0.05, 0.1) is 36.0 Å². The van der Waals surface area contributed by atoms with Crippen LogP contribution in [0.2, 0.25) is 5.02 Å². The van der Waals surface area contributed by atoms with E-state index in [1.807, 2.05) is 0 Å². The molecule has 1 aromatic carbocycles. The van der Waals surface area contributed by atoms with E-state index < -0.39 is 36.1 Å². The number of fused-ring (bicyclic) bond motifs is 1. The van der Waals surface area contributed by atoms with E-state index in [1.54, 1.807) is 6.92 Å². The first-order chi connectivity index (χ1) is 17.6. The number of ether oxygens (including phenoxy) is 1. The van der Waals surface area contributed by atoms with E-state index in [1.165, 1.54) is 40.2 Å². The van der Waals surface area contributed by atoms with Gasteiger partial charge in [0.15, 0.2) is 0 Å². The van der Waals surface area contributed by atoms with Crippen molar-refractivity contribution in [2.24, 2.45) is 0 Å². The second-order valence-electron chi connectivity index (χ2n) is 8.44. The number of benzene rings is 1. The number of halogens is 5. The molecule has 2 aromatic heterocycles. The number of nitrogens with one attached hydrogen (secondary N) is 1. The fraction of sp³-hybridized carbons (Fsp3) is 0.375. The van der Waals surface area contributed by atoms with E-state index in [0.717, 1.165) is 12.3 Å². The number of carbonyl (C=O) groups excluding carboxylic acids is 1. The Kier molecular flexibility index (Phi) is 8.00. The first-order valence-electron chi connectivity index (χ1n) is 11.5. The number of aliphatic hydroxyl groups is 1. The van der Waals surface area contributed by atoms with Crippen LogP contribution in [0.3, 0.4) is 0 Å². The van der Waals surface area contributed by atoms with Crippen LogP contribution >= 0.6 is 11.6 Å². The molecule has 0 saturated carbocycles. The summed E-state index contributed by atoms with van der Waals surface area (Å²) in [6.45, 7) is 1.95. The standard InChI is InChI=1S/C24H24ClF4N5O3/c1-2-19(14-6-7-30-20(10-14)24(27,28)29)34-12-15(11-31-34)22(35)33-8-3-9-37-23(36)32-18-5-4-17(25)21(26)16(18)13-33/h4-7,10-12,19,23,32,36H,2-3,8-9,13H2,1H3. The highest BCUT2D eigenvalue weighted by Crippen LogP contribution is 2.31. The molecule has 0 spiro atoms. The number of aromatic nitrogens is 3. The van der Waals surface area contributed by atoms with Crippen LogP contribution in [0.4, 0.5) is 23.2 Å². The third-order valence-electron chi connectivity index (χ3n) is 5.97. The molecule has 2 N–H and O–H groups in total. The van der Waals surface area contributed by atoms with Crippen molar-refractivity contribution in [3.05, 3.63) is 76.1 Å². The zero-order valence-corrected chi connectivity index (χ0v) is 20.4. The highest BCUT2D eigenvalue weighted by Gasteiger charge is 2.33. The maximum Gasteiger partial charge on any atom is 0.433 e. The highest BCUT2D eigenvalue weighted by molar-refractivity contribution is 6.30. The number of hydrogen-bond acceptors (Lipinski definition) is 6. The van der Waals surface area contributed by atoms with Crippen molar-refractivity contribution in [2.45, 2.75) is 44.9 Å². The highest BCUT2D eigenvalue weighted by atomic mass is 35.5. The topological polar surface area (TPSA) is 92.5 Å². The molecule has 1 amide bonds. The molecule has 2 atom stereocenters. The first kappa shape index (κ1) is 26.8. The summed E-state index contributed by atoms with van der Waals surface area (Å²) in [6, 6.07) is 4.67. The van der Waals surface area contributed by atoms with Crippen LogP contribution in [0.5, 0.6) is 0 Å². The van der Waals surface area contributed by atoms with Gasteiger partial charge in [-0.25, -0.2) is 4.39 Å². The van der Waals surface area contributed by atoms with Crippen LogP contribution in [0.15, 0.2) is 42.9 Å². The summed E-state index contributed by atoms with van der Waals surface area (Å²) < 4.78 is 61.1. The molecule has 0 bridgehead atoms. The number of aliphatic hydroxyl groups excluding tert-OH is 1. The minimum atomic E-state index is -4.59. The molecule has 8 nitrogen and oxygen atoms in total. The van der Waals surface area contributed by atoms with Gasteiger partial charge in [-0.15, -0.1) is 0 Å². The molecular formula is C24H24ClF4N5O3. The van der Waals surface area contributed by atoms with Crippen LogP contribution < -0.4 is 5.32 Å². The Hall–Kier alpha value is -3.22. The Bertz CT molecular complexity index is 1270. The van der Waals surface area contributed by atoms with Gasteiger partial charge in [-0.1, -0.05) is 18.5 Å². The van der Waals surface area contributed by atoms with Gasteiger partial charge >= 0.3 is 6.18 Å². The molecule has 1 aliphatic rings. The molecule has 198 valence electrons. The zero-order chi connectivity index (χ0) is 26.7. The van der Waals surface area contributed by atoms with Crippen LogP contribution in [-0.2, 0) is 17.5 Å². The Morgan fingerprint density at radius 2 is 2.14 bits per heavy atom. The minimum absolute atomic E-state index is 0.0701. The first-order valence-corrected chi connectivity index (χ1v) is 11.9. The predicted octanol–water partition coefficient (Wildman–Crippen LogP) is 4.84. The molecule has 2 unspecified atom stereocenters. The Balaban J connectivity index is 1.62. The lowest BCUT2D eigenvalue weighted by Gasteiger charge is -2.27. The van der Waals surface area contributed by atoms with E-state index in [0.29, 0.717) is 18.4 Å². The average molecular weight is 542 g/mol. The molecular weight excluding hydrogens is 518 g/mol. The molecule has 0 fully saturated rings. The lowest BCUT2D eigenvalue weighted by Crippen LogP contribution is -2.35. The third kappa shape index (κ3) is 6.03.